The SMILES string of the molecule is O=S(=O)(N[C@H]1CCN(CC2CCCC(OCCO)C2)C1)C1CCC(Cl)CC1. The van der Waals surface area contributed by atoms with Gasteiger partial charge in [0.2, 0.25) is 10.0 Å². The number of likely N-dealkylation sites (tertiary alicyclic amines) is 1. The summed E-state index contributed by atoms with van der Waals surface area (Å²) >= 11 is 6.11. The maximum atomic E-state index is 12.7. The van der Waals surface area contributed by atoms with Crippen molar-refractivity contribution in [1.29, 1.82) is 0 Å². The van der Waals surface area contributed by atoms with Gasteiger partial charge in [0.15, 0.2) is 0 Å². The van der Waals surface area contributed by atoms with E-state index in [1.807, 2.05) is 0 Å². The number of halogens is 1. The van der Waals surface area contributed by atoms with Gasteiger partial charge in [-0.05, 0) is 63.8 Å². The van der Waals surface area contributed by atoms with E-state index in [4.69, 9.17) is 21.4 Å². The second-order valence-electron chi connectivity index (χ2n) is 8.53. The minimum Gasteiger partial charge on any atom is -0.394 e. The summed E-state index contributed by atoms with van der Waals surface area (Å²) in [5.74, 6) is 0.608. The zero-order valence-electron chi connectivity index (χ0n) is 16.2. The van der Waals surface area contributed by atoms with E-state index in [9.17, 15) is 8.42 Å². The van der Waals surface area contributed by atoms with Crippen molar-refractivity contribution in [2.45, 2.75) is 80.6 Å². The van der Waals surface area contributed by atoms with Crippen molar-refractivity contribution in [3.63, 3.8) is 0 Å². The second kappa shape index (κ2) is 10.2. The van der Waals surface area contributed by atoms with Gasteiger partial charge in [-0.3, -0.25) is 0 Å². The van der Waals surface area contributed by atoms with E-state index in [-0.39, 0.29) is 29.4 Å². The predicted octanol–water partition coefficient (Wildman–Crippen LogP) is 2.10. The highest BCUT2D eigenvalue weighted by Crippen LogP contribution is 2.29. The molecule has 2 saturated carbocycles. The van der Waals surface area contributed by atoms with E-state index >= 15 is 0 Å². The highest BCUT2D eigenvalue weighted by Gasteiger charge is 2.34. The Morgan fingerprint density at radius 1 is 1.11 bits per heavy atom. The first-order valence-corrected chi connectivity index (χ1v) is 12.5. The van der Waals surface area contributed by atoms with Crippen molar-refractivity contribution in [1.82, 2.24) is 9.62 Å². The van der Waals surface area contributed by atoms with Crippen molar-refractivity contribution >= 4 is 21.6 Å². The number of alkyl halides is 1. The molecule has 0 aromatic rings. The van der Waals surface area contributed by atoms with Crippen LogP contribution in [0, 0.1) is 5.92 Å². The fourth-order valence-corrected chi connectivity index (χ4v) is 6.89. The van der Waals surface area contributed by atoms with Crippen molar-refractivity contribution in [3.05, 3.63) is 0 Å². The molecular formula is C19H35ClN2O4S. The molecule has 1 heterocycles. The maximum Gasteiger partial charge on any atom is 0.214 e. The standard InChI is InChI=1S/C19H35ClN2O4S/c20-16-4-6-19(7-5-16)27(24,25)21-17-8-9-22(14-17)13-15-2-1-3-18(12-15)26-11-10-23/h15-19,21,23H,1-14H2/t15?,16?,17-,18?,19?/m0/s1. The van der Waals surface area contributed by atoms with Gasteiger partial charge < -0.3 is 14.7 Å². The Morgan fingerprint density at radius 2 is 1.89 bits per heavy atom. The lowest BCUT2D eigenvalue weighted by atomic mass is 9.87. The molecule has 6 nitrogen and oxygen atoms in total. The summed E-state index contributed by atoms with van der Waals surface area (Å²) < 4.78 is 34.1. The number of ether oxygens (including phenoxy) is 1. The molecule has 2 N–H and O–H groups in total. The van der Waals surface area contributed by atoms with Gasteiger partial charge >= 0.3 is 0 Å². The Bertz CT molecular complexity index is 554. The summed E-state index contributed by atoms with van der Waals surface area (Å²) in [7, 11) is -3.24. The third-order valence-electron chi connectivity index (χ3n) is 6.34. The van der Waals surface area contributed by atoms with Crippen LogP contribution in [0.2, 0.25) is 0 Å². The molecule has 3 aliphatic rings. The van der Waals surface area contributed by atoms with Crippen LogP contribution in [0.25, 0.3) is 0 Å². The second-order valence-corrected chi connectivity index (χ2v) is 11.1. The number of nitrogens with zero attached hydrogens (tertiary/aromatic N) is 1. The number of sulfonamides is 1. The third-order valence-corrected chi connectivity index (χ3v) is 8.79. The minimum absolute atomic E-state index is 0.0359. The van der Waals surface area contributed by atoms with Crippen LogP contribution >= 0.6 is 11.6 Å². The van der Waals surface area contributed by atoms with Crippen molar-refractivity contribution in [2.24, 2.45) is 5.92 Å². The minimum atomic E-state index is -3.24. The van der Waals surface area contributed by atoms with Crippen LogP contribution in [-0.2, 0) is 14.8 Å². The van der Waals surface area contributed by atoms with E-state index in [0.717, 1.165) is 51.7 Å². The molecule has 0 aromatic carbocycles. The fraction of sp³-hybridized carbons (Fsp3) is 1.00. The number of hydrogen-bond acceptors (Lipinski definition) is 5. The van der Waals surface area contributed by atoms with Crippen LogP contribution in [0.5, 0.6) is 0 Å². The summed E-state index contributed by atoms with van der Waals surface area (Å²) in [5, 5.41) is 8.79. The van der Waals surface area contributed by atoms with E-state index in [0.29, 0.717) is 25.4 Å². The van der Waals surface area contributed by atoms with Gasteiger partial charge in [-0.15, -0.1) is 11.6 Å². The molecule has 3 atom stereocenters. The molecule has 0 bridgehead atoms. The van der Waals surface area contributed by atoms with Gasteiger partial charge in [-0.25, -0.2) is 13.1 Å². The molecule has 2 aliphatic carbocycles. The molecule has 0 radical (unpaired) electrons. The molecule has 158 valence electrons. The van der Waals surface area contributed by atoms with Crippen LogP contribution in [0.1, 0.15) is 57.8 Å². The van der Waals surface area contributed by atoms with E-state index in [2.05, 4.69) is 9.62 Å². The van der Waals surface area contributed by atoms with Crippen LogP contribution < -0.4 is 4.72 Å². The number of aliphatic hydroxyl groups excluding tert-OH is 1. The zero-order chi connectivity index (χ0) is 19.3. The molecule has 3 fully saturated rings. The van der Waals surface area contributed by atoms with Crippen molar-refractivity contribution < 1.29 is 18.3 Å². The lowest BCUT2D eigenvalue weighted by molar-refractivity contribution is -0.00739. The summed E-state index contributed by atoms with van der Waals surface area (Å²) in [6.45, 7) is 3.30. The van der Waals surface area contributed by atoms with Gasteiger partial charge in [0.05, 0.1) is 24.6 Å². The summed E-state index contributed by atoms with van der Waals surface area (Å²) in [6.07, 6.45) is 8.63. The number of rotatable bonds is 8. The summed E-state index contributed by atoms with van der Waals surface area (Å²) in [4.78, 5) is 2.40. The van der Waals surface area contributed by atoms with Crippen LogP contribution in [0.15, 0.2) is 0 Å². The summed E-state index contributed by atoms with van der Waals surface area (Å²) in [5.41, 5.74) is 0. The highest BCUT2D eigenvalue weighted by atomic mass is 35.5. The molecule has 2 unspecified atom stereocenters. The zero-order valence-corrected chi connectivity index (χ0v) is 17.8. The third kappa shape index (κ3) is 6.54. The Morgan fingerprint density at radius 3 is 2.63 bits per heavy atom. The van der Waals surface area contributed by atoms with Crippen LogP contribution in [-0.4, -0.2) is 74.0 Å². The summed E-state index contributed by atoms with van der Waals surface area (Å²) in [6, 6.07) is 0.0359. The molecule has 1 aliphatic heterocycles. The molecule has 27 heavy (non-hydrogen) atoms. The van der Waals surface area contributed by atoms with Gasteiger partial charge in [0, 0.05) is 24.5 Å². The smallest absolute Gasteiger partial charge is 0.214 e. The van der Waals surface area contributed by atoms with E-state index in [1.165, 1.54) is 12.8 Å². The van der Waals surface area contributed by atoms with Gasteiger partial charge in [-0.1, -0.05) is 6.42 Å². The number of aliphatic hydroxyl groups is 1. The molecule has 0 spiro atoms. The average molecular weight is 423 g/mol. The van der Waals surface area contributed by atoms with Crippen LogP contribution in [0.4, 0.5) is 0 Å². The molecule has 3 rings (SSSR count). The van der Waals surface area contributed by atoms with E-state index < -0.39 is 10.0 Å². The average Bonchev–Trinajstić information content (AvgIpc) is 3.06. The lowest BCUT2D eigenvalue weighted by Crippen LogP contribution is -2.44. The fourth-order valence-electron chi connectivity index (χ4n) is 4.90. The first-order chi connectivity index (χ1) is 13.0. The molecule has 1 saturated heterocycles. The quantitative estimate of drug-likeness (QED) is 0.585. The molecule has 8 heteroatoms. The van der Waals surface area contributed by atoms with Gasteiger partial charge in [0.25, 0.3) is 0 Å². The predicted molar refractivity (Wildman–Crippen MR) is 108 cm³/mol. The maximum absolute atomic E-state index is 12.7. The molecule has 0 aromatic heterocycles. The molecule has 0 amide bonds. The largest absolute Gasteiger partial charge is 0.394 e. The van der Waals surface area contributed by atoms with Crippen molar-refractivity contribution in [2.75, 3.05) is 32.8 Å². The normalized spacial score (nSPS) is 36.1. The van der Waals surface area contributed by atoms with E-state index in [1.54, 1.807) is 0 Å². The Balaban J connectivity index is 1.42. The topological polar surface area (TPSA) is 78.9 Å². The Labute approximate surface area is 169 Å². The number of hydrogen-bond donors (Lipinski definition) is 2. The Kier molecular flexibility index (Phi) is 8.24. The Hall–Kier alpha value is 0.0800. The first kappa shape index (κ1) is 21.8. The first-order valence-electron chi connectivity index (χ1n) is 10.6. The van der Waals surface area contributed by atoms with Crippen LogP contribution in [0.3, 0.4) is 0 Å². The highest BCUT2D eigenvalue weighted by molar-refractivity contribution is 7.90. The molecular weight excluding hydrogens is 388 g/mol. The lowest BCUT2D eigenvalue weighted by Gasteiger charge is -2.32. The number of nitrogens with one attached hydrogen (secondary N) is 1. The monoisotopic (exact) mass is 422 g/mol. The van der Waals surface area contributed by atoms with Gasteiger partial charge in [-0.2, -0.15) is 0 Å². The van der Waals surface area contributed by atoms with Crippen molar-refractivity contribution in [3.8, 4) is 0 Å². The van der Waals surface area contributed by atoms with Gasteiger partial charge in [0.1, 0.15) is 0 Å².